The van der Waals surface area contributed by atoms with E-state index in [-0.39, 0.29) is 12.5 Å². The molecule has 0 bridgehead atoms. The third-order valence-electron chi connectivity index (χ3n) is 4.34. The maximum absolute atomic E-state index is 12.9. The molecule has 1 aliphatic heterocycles. The Kier molecular flexibility index (Phi) is 4.96. The summed E-state index contributed by atoms with van der Waals surface area (Å²) in [6.45, 7) is 2.47. The Hall–Kier alpha value is -1.79. The fraction of sp³-hybridized carbons (Fsp3) is 0.333. The Morgan fingerprint density at radius 1 is 1.29 bits per heavy atom. The Bertz CT molecular complexity index is 744. The zero-order valence-electron chi connectivity index (χ0n) is 13.4. The molecule has 1 amide bonds. The largest absolute Gasteiger partial charge is 0.481 e. The van der Waals surface area contributed by atoms with E-state index < -0.39 is 11.4 Å². The standard InChI is InChI=1S/C18H19NO3S2/c1-18(17(21)22)8-9-19(12-18)16(20)14-6-2-3-7-15(14)24-11-13-5-4-10-23-13/h2-7,10H,8-9,11-12H2,1H3,(H,21,22). The molecule has 2 heterocycles. The van der Waals surface area contributed by atoms with Gasteiger partial charge in [-0.1, -0.05) is 18.2 Å². The van der Waals surface area contributed by atoms with Gasteiger partial charge >= 0.3 is 5.97 Å². The Balaban J connectivity index is 1.74. The summed E-state index contributed by atoms with van der Waals surface area (Å²) >= 11 is 3.35. The number of nitrogens with zero attached hydrogens (tertiary/aromatic N) is 1. The number of thioether (sulfide) groups is 1. The number of carboxylic acids is 1. The number of thiophene rings is 1. The molecule has 24 heavy (non-hydrogen) atoms. The van der Waals surface area contributed by atoms with E-state index in [0.717, 1.165) is 10.6 Å². The molecule has 1 aliphatic rings. The molecule has 3 rings (SSSR count). The zero-order valence-corrected chi connectivity index (χ0v) is 15.0. The van der Waals surface area contributed by atoms with E-state index >= 15 is 0 Å². The lowest BCUT2D eigenvalue weighted by Gasteiger charge is -2.21. The first-order valence-electron chi connectivity index (χ1n) is 7.76. The van der Waals surface area contributed by atoms with Gasteiger partial charge in [-0.3, -0.25) is 9.59 Å². The second kappa shape index (κ2) is 6.99. The van der Waals surface area contributed by atoms with Crippen LogP contribution in [0.1, 0.15) is 28.6 Å². The first kappa shape index (κ1) is 17.0. The van der Waals surface area contributed by atoms with Crippen molar-refractivity contribution in [1.29, 1.82) is 0 Å². The molecule has 2 aromatic rings. The van der Waals surface area contributed by atoms with Gasteiger partial charge in [0, 0.05) is 28.6 Å². The number of carbonyl (C=O) groups is 2. The first-order chi connectivity index (χ1) is 11.5. The van der Waals surface area contributed by atoms with Crippen molar-refractivity contribution in [3.63, 3.8) is 0 Å². The van der Waals surface area contributed by atoms with Crippen molar-refractivity contribution < 1.29 is 14.7 Å². The van der Waals surface area contributed by atoms with Crippen LogP contribution in [0.3, 0.4) is 0 Å². The van der Waals surface area contributed by atoms with Gasteiger partial charge in [0.05, 0.1) is 11.0 Å². The van der Waals surface area contributed by atoms with Gasteiger partial charge in [-0.05, 0) is 36.9 Å². The average Bonchev–Trinajstić information content (AvgIpc) is 3.23. The SMILES string of the molecule is CC1(C(=O)O)CCN(C(=O)c2ccccc2SCc2cccs2)C1. The van der Waals surface area contributed by atoms with Crippen LogP contribution in [0, 0.1) is 5.41 Å². The molecule has 0 radical (unpaired) electrons. The Labute approximate surface area is 149 Å². The van der Waals surface area contributed by atoms with E-state index in [1.54, 1.807) is 34.9 Å². The molecular weight excluding hydrogens is 342 g/mol. The number of hydrogen-bond donors (Lipinski definition) is 1. The Morgan fingerprint density at radius 2 is 2.08 bits per heavy atom. The van der Waals surface area contributed by atoms with Gasteiger partial charge in [-0.2, -0.15) is 0 Å². The van der Waals surface area contributed by atoms with Crippen molar-refractivity contribution >= 4 is 35.0 Å². The van der Waals surface area contributed by atoms with Crippen LogP contribution in [-0.4, -0.2) is 35.0 Å². The minimum absolute atomic E-state index is 0.0748. The van der Waals surface area contributed by atoms with E-state index in [4.69, 9.17) is 0 Å². The number of amides is 1. The number of aliphatic carboxylic acids is 1. The van der Waals surface area contributed by atoms with Crippen LogP contribution in [0.4, 0.5) is 0 Å². The lowest BCUT2D eigenvalue weighted by atomic mass is 9.90. The highest BCUT2D eigenvalue weighted by Gasteiger charge is 2.42. The molecule has 1 aromatic carbocycles. The fourth-order valence-corrected chi connectivity index (χ4v) is 4.61. The molecule has 1 fully saturated rings. The lowest BCUT2D eigenvalue weighted by Crippen LogP contribution is -2.35. The van der Waals surface area contributed by atoms with Gasteiger partial charge in [0.2, 0.25) is 0 Å². The highest BCUT2D eigenvalue weighted by molar-refractivity contribution is 7.98. The van der Waals surface area contributed by atoms with Gasteiger partial charge in [0.1, 0.15) is 0 Å². The summed E-state index contributed by atoms with van der Waals surface area (Å²) in [6, 6.07) is 11.7. The topological polar surface area (TPSA) is 57.6 Å². The normalized spacial score (nSPS) is 20.3. The molecular formula is C18H19NO3S2. The van der Waals surface area contributed by atoms with Crippen LogP contribution in [-0.2, 0) is 10.5 Å². The molecule has 1 aromatic heterocycles. The van der Waals surface area contributed by atoms with Crippen LogP contribution in [0.25, 0.3) is 0 Å². The smallest absolute Gasteiger partial charge is 0.311 e. The van der Waals surface area contributed by atoms with Gasteiger partial charge in [0.25, 0.3) is 5.91 Å². The highest BCUT2D eigenvalue weighted by Crippen LogP contribution is 2.33. The van der Waals surface area contributed by atoms with Crippen LogP contribution in [0.5, 0.6) is 0 Å². The van der Waals surface area contributed by atoms with Crippen LogP contribution in [0.15, 0.2) is 46.7 Å². The molecule has 1 atom stereocenters. The predicted octanol–water partition coefficient (Wildman–Crippen LogP) is 3.98. The number of carboxylic acid groups (broad SMARTS) is 1. The molecule has 0 spiro atoms. The maximum Gasteiger partial charge on any atom is 0.311 e. The van der Waals surface area contributed by atoms with E-state index in [2.05, 4.69) is 6.07 Å². The molecule has 0 saturated carbocycles. The highest BCUT2D eigenvalue weighted by atomic mass is 32.2. The number of hydrogen-bond acceptors (Lipinski definition) is 4. The second-order valence-corrected chi connectivity index (χ2v) is 8.26. The van der Waals surface area contributed by atoms with Crippen molar-refractivity contribution in [1.82, 2.24) is 4.90 Å². The fourth-order valence-electron chi connectivity index (χ4n) is 2.79. The first-order valence-corrected chi connectivity index (χ1v) is 9.63. The average molecular weight is 361 g/mol. The summed E-state index contributed by atoms with van der Waals surface area (Å²) in [6.07, 6.45) is 0.499. The second-order valence-electron chi connectivity index (χ2n) is 6.21. The predicted molar refractivity (Wildman–Crippen MR) is 96.6 cm³/mol. The summed E-state index contributed by atoms with van der Waals surface area (Å²) in [5.41, 5.74) is -0.178. The van der Waals surface area contributed by atoms with E-state index in [1.165, 1.54) is 4.88 Å². The van der Waals surface area contributed by atoms with Gasteiger partial charge < -0.3 is 10.0 Å². The lowest BCUT2D eigenvalue weighted by molar-refractivity contribution is -0.147. The molecule has 1 unspecified atom stereocenters. The van der Waals surface area contributed by atoms with Crippen LogP contribution in [0.2, 0.25) is 0 Å². The van der Waals surface area contributed by atoms with Gasteiger partial charge in [0.15, 0.2) is 0 Å². The number of likely N-dealkylation sites (tertiary alicyclic amines) is 1. The monoisotopic (exact) mass is 361 g/mol. The molecule has 0 aliphatic carbocycles. The molecule has 1 saturated heterocycles. The van der Waals surface area contributed by atoms with Crippen molar-refractivity contribution in [3.8, 4) is 0 Å². The van der Waals surface area contributed by atoms with E-state index in [1.807, 2.05) is 35.7 Å². The van der Waals surface area contributed by atoms with E-state index in [0.29, 0.717) is 18.5 Å². The van der Waals surface area contributed by atoms with Gasteiger partial charge in [-0.25, -0.2) is 0 Å². The number of benzene rings is 1. The summed E-state index contributed by atoms with van der Waals surface area (Å²) in [5, 5.41) is 11.4. The van der Waals surface area contributed by atoms with Crippen LogP contribution < -0.4 is 0 Å². The molecule has 126 valence electrons. The van der Waals surface area contributed by atoms with Crippen molar-refractivity contribution in [2.75, 3.05) is 13.1 Å². The summed E-state index contributed by atoms with van der Waals surface area (Å²) < 4.78 is 0. The maximum atomic E-state index is 12.9. The quantitative estimate of drug-likeness (QED) is 0.819. The van der Waals surface area contributed by atoms with Crippen molar-refractivity contribution in [3.05, 3.63) is 52.2 Å². The summed E-state index contributed by atoms with van der Waals surface area (Å²) in [5.74, 6) is -0.0816. The summed E-state index contributed by atoms with van der Waals surface area (Å²) in [7, 11) is 0. The van der Waals surface area contributed by atoms with E-state index in [9.17, 15) is 14.7 Å². The minimum Gasteiger partial charge on any atom is -0.481 e. The third kappa shape index (κ3) is 3.49. The Morgan fingerprint density at radius 3 is 2.75 bits per heavy atom. The van der Waals surface area contributed by atoms with Crippen molar-refractivity contribution in [2.45, 2.75) is 24.0 Å². The molecule has 1 N–H and O–H groups in total. The third-order valence-corrected chi connectivity index (χ3v) is 6.53. The van der Waals surface area contributed by atoms with Gasteiger partial charge in [-0.15, -0.1) is 23.1 Å². The van der Waals surface area contributed by atoms with Crippen molar-refractivity contribution in [2.24, 2.45) is 5.41 Å². The minimum atomic E-state index is -0.839. The zero-order chi connectivity index (χ0) is 17.2. The number of rotatable bonds is 5. The molecule has 4 nitrogen and oxygen atoms in total. The summed E-state index contributed by atoms with van der Waals surface area (Å²) in [4.78, 5) is 28.1. The molecule has 6 heteroatoms. The van der Waals surface area contributed by atoms with Crippen LogP contribution >= 0.6 is 23.1 Å². The number of carbonyl (C=O) groups excluding carboxylic acids is 1.